The maximum absolute atomic E-state index is 12.2. The van der Waals surface area contributed by atoms with Crippen molar-refractivity contribution in [2.24, 2.45) is 14.1 Å². The Labute approximate surface area is 144 Å². The van der Waals surface area contributed by atoms with Crippen LogP contribution < -0.4 is 11.0 Å². The molecule has 124 valence electrons. The first-order valence-corrected chi connectivity index (χ1v) is 7.95. The smallest absolute Gasteiger partial charge is 0.326 e. The van der Waals surface area contributed by atoms with E-state index in [1.165, 1.54) is 0 Å². The van der Waals surface area contributed by atoms with Crippen LogP contribution in [0.2, 0.25) is 5.02 Å². The number of rotatable bonds is 3. The van der Waals surface area contributed by atoms with Gasteiger partial charge in [-0.15, -0.1) is 0 Å². The van der Waals surface area contributed by atoms with E-state index in [1.54, 1.807) is 29.3 Å². The lowest BCUT2D eigenvalue weighted by molar-refractivity contribution is -0.115. The third-order valence-corrected chi connectivity index (χ3v) is 4.56. The second-order valence-electron chi connectivity index (χ2n) is 5.91. The molecule has 1 N–H and O–H groups in total. The number of anilines is 1. The number of aryl methyl sites for hydroxylation is 3. The van der Waals surface area contributed by atoms with Crippen LogP contribution in [-0.4, -0.2) is 15.0 Å². The lowest BCUT2D eigenvalue weighted by Crippen LogP contribution is -2.19. The number of nitrogens with one attached hydrogen (secondary N) is 1. The maximum Gasteiger partial charge on any atom is 0.328 e. The predicted molar refractivity (Wildman–Crippen MR) is 96.7 cm³/mol. The van der Waals surface area contributed by atoms with Crippen molar-refractivity contribution in [3.05, 3.63) is 63.0 Å². The van der Waals surface area contributed by atoms with Gasteiger partial charge in [0.2, 0.25) is 5.91 Å². The summed E-state index contributed by atoms with van der Waals surface area (Å²) in [5, 5.41) is 3.46. The van der Waals surface area contributed by atoms with Crippen LogP contribution in [0, 0.1) is 6.92 Å². The monoisotopic (exact) mass is 343 g/mol. The van der Waals surface area contributed by atoms with E-state index in [0.717, 1.165) is 22.2 Å². The second kappa shape index (κ2) is 6.17. The molecule has 24 heavy (non-hydrogen) atoms. The second-order valence-corrected chi connectivity index (χ2v) is 6.32. The van der Waals surface area contributed by atoms with Gasteiger partial charge in [0, 0.05) is 24.8 Å². The molecule has 0 saturated carbocycles. The SMILES string of the molecule is Cc1ccc(NC(=O)Cc2ccc3c(c2)n(C)c(=O)n3C)cc1Cl. The zero-order valence-corrected chi connectivity index (χ0v) is 14.5. The van der Waals surface area contributed by atoms with Crippen molar-refractivity contribution in [3.8, 4) is 0 Å². The molecule has 1 heterocycles. The fourth-order valence-electron chi connectivity index (χ4n) is 2.72. The molecule has 5 nitrogen and oxygen atoms in total. The summed E-state index contributed by atoms with van der Waals surface area (Å²) in [5.41, 5.74) is 4.05. The Morgan fingerprint density at radius 1 is 1.08 bits per heavy atom. The van der Waals surface area contributed by atoms with E-state index in [4.69, 9.17) is 11.6 Å². The van der Waals surface area contributed by atoms with Crippen molar-refractivity contribution >= 4 is 34.2 Å². The molecule has 3 rings (SSSR count). The summed E-state index contributed by atoms with van der Waals surface area (Å²) in [4.78, 5) is 24.2. The fraction of sp³-hybridized carbons (Fsp3) is 0.222. The highest BCUT2D eigenvalue weighted by Crippen LogP contribution is 2.20. The van der Waals surface area contributed by atoms with Gasteiger partial charge in [0.05, 0.1) is 17.5 Å². The van der Waals surface area contributed by atoms with E-state index in [0.29, 0.717) is 10.7 Å². The number of imidazole rings is 1. The molecule has 1 amide bonds. The third kappa shape index (κ3) is 2.95. The van der Waals surface area contributed by atoms with Gasteiger partial charge in [0.25, 0.3) is 0 Å². The molecule has 0 fully saturated rings. The molecule has 0 spiro atoms. The van der Waals surface area contributed by atoms with Gasteiger partial charge in [0.15, 0.2) is 0 Å². The van der Waals surface area contributed by atoms with Crippen molar-refractivity contribution in [2.45, 2.75) is 13.3 Å². The lowest BCUT2D eigenvalue weighted by atomic mass is 10.1. The first-order chi connectivity index (χ1) is 11.4. The Bertz CT molecular complexity index is 1000. The highest BCUT2D eigenvalue weighted by Gasteiger charge is 2.10. The minimum absolute atomic E-state index is 0.0825. The van der Waals surface area contributed by atoms with Gasteiger partial charge >= 0.3 is 5.69 Å². The van der Waals surface area contributed by atoms with Crippen LogP contribution >= 0.6 is 11.6 Å². The van der Waals surface area contributed by atoms with Crippen molar-refractivity contribution in [1.82, 2.24) is 9.13 Å². The molecule has 0 saturated heterocycles. The Kier molecular flexibility index (Phi) is 4.20. The summed E-state index contributed by atoms with van der Waals surface area (Å²) in [7, 11) is 3.46. The Morgan fingerprint density at radius 2 is 1.79 bits per heavy atom. The first-order valence-electron chi connectivity index (χ1n) is 7.57. The number of nitrogens with zero attached hydrogens (tertiary/aromatic N) is 2. The molecule has 0 aliphatic carbocycles. The normalized spacial score (nSPS) is 11.0. The minimum Gasteiger partial charge on any atom is -0.326 e. The molecule has 6 heteroatoms. The van der Waals surface area contributed by atoms with E-state index in [1.807, 2.05) is 37.3 Å². The van der Waals surface area contributed by atoms with E-state index >= 15 is 0 Å². The summed E-state index contributed by atoms with van der Waals surface area (Å²) < 4.78 is 3.17. The van der Waals surface area contributed by atoms with Crippen LogP contribution in [0.25, 0.3) is 11.0 Å². The van der Waals surface area contributed by atoms with Gasteiger partial charge in [-0.25, -0.2) is 4.79 Å². The summed E-state index contributed by atoms with van der Waals surface area (Å²) >= 11 is 6.07. The van der Waals surface area contributed by atoms with Crippen LogP contribution in [-0.2, 0) is 25.3 Å². The van der Waals surface area contributed by atoms with Crippen LogP contribution in [0.4, 0.5) is 5.69 Å². The van der Waals surface area contributed by atoms with Crippen molar-refractivity contribution < 1.29 is 4.79 Å². The molecule has 0 aliphatic heterocycles. The largest absolute Gasteiger partial charge is 0.328 e. The van der Waals surface area contributed by atoms with E-state index in [2.05, 4.69) is 5.32 Å². The van der Waals surface area contributed by atoms with Crippen molar-refractivity contribution in [3.63, 3.8) is 0 Å². The lowest BCUT2D eigenvalue weighted by Gasteiger charge is -2.07. The van der Waals surface area contributed by atoms with Crippen LogP contribution in [0.15, 0.2) is 41.2 Å². The average Bonchev–Trinajstić information content (AvgIpc) is 2.75. The zero-order chi connectivity index (χ0) is 17.4. The molecule has 0 radical (unpaired) electrons. The van der Waals surface area contributed by atoms with E-state index in [9.17, 15) is 9.59 Å². The van der Waals surface area contributed by atoms with Crippen molar-refractivity contribution in [2.75, 3.05) is 5.32 Å². The molecule has 0 bridgehead atoms. The third-order valence-electron chi connectivity index (χ3n) is 4.16. The van der Waals surface area contributed by atoms with Gasteiger partial charge in [-0.1, -0.05) is 23.7 Å². The quantitative estimate of drug-likeness (QED) is 0.794. The van der Waals surface area contributed by atoms with Crippen LogP contribution in [0.1, 0.15) is 11.1 Å². The number of amides is 1. The number of fused-ring (bicyclic) bond motifs is 1. The van der Waals surface area contributed by atoms with E-state index in [-0.39, 0.29) is 18.0 Å². The molecule has 0 unspecified atom stereocenters. The van der Waals surface area contributed by atoms with Crippen LogP contribution in [0.3, 0.4) is 0 Å². The fourth-order valence-corrected chi connectivity index (χ4v) is 2.90. The summed E-state index contributed by atoms with van der Waals surface area (Å²) in [5.74, 6) is -0.129. The molecular formula is C18H18ClN3O2. The Balaban J connectivity index is 1.81. The Hall–Kier alpha value is -2.53. The molecule has 1 aromatic heterocycles. The number of hydrogen-bond acceptors (Lipinski definition) is 2. The number of halogens is 1. The standard InChI is InChI=1S/C18H18ClN3O2/c1-11-4-6-13(10-14(11)19)20-17(23)9-12-5-7-15-16(8-12)22(3)18(24)21(15)2/h4-8,10H,9H2,1-3H3,(H,20,23). The molecule has 0 atom stereocenters. The molecule has 0 aliphatic rings. The highest BCUT2D eigenvalue weighted by atomic mass is 35.5. The van der Waals surface area contributed by atoms with Crippen molar-refractivity contribution in [1.29, 1.82) is 0 Å². The Morgan fingerprint density at radius 3 is 2.50 bits per heavy atom. The number of aromatic nitrogens is 2. The van der Waals surface area contributed by atoms with Gasteiger partial charge in [-0.2, -0.15) is 0 Å². The first kappa shape index (κ1) is 16.3. The maximum atomic E-state index is 12.2. The number of carbonyl (C=O) groups excluding carboxylic acids is 1. The number of carbonyl (C=O) groups is 1. The minimum atomic E-state index is -0.129. The summed E-state index contributed by atoms with van der Waals surface area (Å²) in [6.07, 6.45) is 0.227. The van der Waals surface area contributed by atoms with Gasteiger partial charge in [-0.05, 0) is 42.3 Å². The highest BCUT2D eigenvalue weighted by molar-refractivity contribution is 6.31. The topological polar surface area (TPSA) is 56.0 Å². The van der Waals surface area contributed by atoms with Gasteiger partial charge < -0.3 is 5.32 Å². The number of benzene rings is 2. The van der Waals surface area contributed by atoms with Gasteiger partial charge in [0.1, 0.15) is 0 Å². The van der Waals surface area contributed by atoms with Crippen LogP contribution in [0.5, 0.6) is 0 Å². The number of hydrogen-bond donors (Lipinski definition) is 1. The van der Waals surface area contributed by atoms with Gasteiger partial charge in [-0.3, -0.25) is 13.9 Å². The zero-order valence-electron chi connectivity index (χ0n) is 13.8. The summed E-state index contributed by atoms with van der Waals surface area (Å²) in [6, 6.07) is 11.0. The molecular weight excluding hydrogens is 326 g/mol. The average molecular weight is 344 g/mol. The molecule has 3 aromatic rings. The molecule has 2 aromatic carbocycles. The summed E-state index contributed by atoms with van der Waals surface area (Å²) in [6.45, 7) is 1.91. The predicted octanol–water partition coefficient (Wildman–Crippen LogP) is 3.02. The van der Waals surface area contributed by atoms with E-state index < -0.39 is 0 Å².